The summed E-state index contributed by atoms with van der Waals surface area (Å²) in [6, 6.07) is 0.203. The summed E-state index contributed by atoms with van der Waals surface area (Å²) >= 11 is 1.40. The topological polar surface area (TPSA) is 79.8 Å². The highest BCUT2D eigenvalue weighted by Crippen LogP contribution is 2.20. The van der Waals surface area contributed by atoms with Crippen LogP contribution < -0.4 is 10.6 Å². The molecule has 1 aliphatic rings. The summed E-state index contributed by atoms with van der Waals surface area (Å²) in [5.74, 6) is -0.125. The van der Waals surface area contributed by atoms with E-state index in [2.05, 4.69) is 25.6 Å². The second-order valence-corrected chi connectivity index (χ2v) is 5.15. The molecule has 3 rings (SSSR count). The van der Waals surface area contributed by atoms with Crippen molar-refractivity contribution >= 4 is 42.1 Å². The second-order valence-electron chi connectivity index (χ2n) is 4.29. The number of hydrogen-bond donors (Lipinski definition) is 2. The Labute approximate surface area is 138 Å². The summed E-state index contributed by atoms with van der Waals surface area (Å²) in [5, 5.41) is 8.64. The van der Waals surface area contributed by atoms with Gasteiger partial charge < -0.3 is 10.6 Å². The van der Waals surface area contributed by atoms with Gasteiger partial charge in [-0.2, -0.15) is 0 Å². The number of carbonyl (C=O) groups excluding carboxylic acids is 1. The van der Waals surface area contributed by atoms with Gasteiger partial charge in [0.05, 0.1) is 6.20 Å². The summed E-state index contributed by atoms with van der Waals surface area (Å²) in [6.07, 6.45) is 5.83. The van der Waals surface area contributed by atoms with E-state index in [1.54, 1.807) is 24.0 Å². The van der Waals surface area contributed by atoms with Gasteiger partial charge in [-0.25, -0.2) is 4.98 Å². The first-order valence-corrected chi connectivity index (χ1v) is 6.94. The molecule has 6 nitrogen and oxygen atoms in total. The van der Waals surface area contributed by atoms with Crippen molar-refractivity contribution < 1.29 is 4.79 Å². The van der Waals surface area contributed by atoms with Gasteiger partial charge in [0.1, 0.15) is 16.4 Å². The Morgan fingerprint density at radius 3 is 2.90 bits per heavy atom. The molecular weight excluding hydrogens is 333 g/mol. The first-order valence-electron chi connectivity index (χ1n) is 6.06. The van der Waals surface area contributed by atoms with Crippen molar-refractivity contribution in [2.75, 3.05) is 13.1 Å². The summed E-state index contributed by atoms with van der Waals surface area (Å²) in [5.41, 5.74) is 1.13. The van der Waals surface area contributed by atoms with Crippen LogP contribution in [-0.4, -0.2) is 40.0 Å². The fraction of sp³-hybridized carbons (Fsp3) is 0.333. The maximum atomic E-state index is 12.0. The van der Waals surface area contributed by atoms with E-state index >= 15 is 0 Å². The van der Waals surface area contributed by atoms with Gasteiger partial charge in [0.2, 0.25) is 0 Å². The Morgan fingerprint density at radius 2 is 2.24 bits per heavy atom. The van der Waals surface area contributed by atoms with Crippen molar-refractivity contribution in [3.05, 3.63) is 29.7 Å². The lowest BCUT2D eigenvalue weighted by Crippen LogP contribution is -2.36. The average molecular weight is 348 g/mol. The van der Waals surface area contributed by atoms with E-state index in [1.165, 1.54) is 11.3 Å². The number of aromatic nitrogens is 3. The Bertz CT molecular complexity index is 574. The highest BCUT2D eigenvalue weighted by molar-refractivity contribution is 7.13. The van der Waals surface area contributed by atoms with E-state index in [4.69, 9.17) is 0 Å². The zero-order chi connectivity index (χ0) is 13.1. The lowest BCUT2D eigenvalue weighted by atomic mass is 10.2. The fourth-order valence-electron chi connectivity index (χ4n) is 1.94. The first-order chi connectivity index (χ1) is 9.33. The number of amides is 1. The monoisotopic (exact) mass is 347 g/mol. The maximum absolute atomic E-state index is 12.0. The number of thiazole rings is 1. The quantitative estimate of drug-likeness (QED) is 0.880. The zero-order valence-electron chi connectivity index (χ0n) is 11.0. The van der Waals surface area contributed by atoms with Gasteiger partial charge >= 0.3 is 0 Å². The van der Waals surface area contributed by atoms with E-state index in [-0.39, 0.29) is 36.8 Å². The van der Waals surface area contributed by atoms with E-state index in [0.717, 1.165) is 19.5 Å². The molecule has 0 spiro atoms. The summed E-state index contributed by atoms with van der Waals surface area (Å²) < 4.78 is 0. The van der Waals surface area contributed by atoms with Gasteiger partial charge in [0, 0.05) is 30.4 Å². The number of rotatable bonds is 3. The molecule has 0 bridgehead atoms. The second kappa shape index (κ2) is 8.23. The molecule has 1 aliphatic heterocycles. The Morgan fingerprint density at radius 1 is 1.38 bits per heavy atom. The third-order valence-electron chi connectivity index (χ3n) is 2.91. The molecule has 9 heteroatoms. The van der Waals surface area contributed by atoms with Gasteiger partial charge in [0.15, 0.2) is 0 Å². The standard InChI is InChI=1S/C12H13N5OS.2ClH/c18-11(16-8-1-2-13-5-8)10-7-19-12(17-10)9-6-14-3-4-15-9;;/h3-4,6-8,13H,1-2,5H2,(H,16,18);2*1H. The van der Waals surface area contributed by atoms with Gasteiger partial charge in [-0.3, -0.25) is 14.8 Å². The van der Waals surface area contributed by atoms with Gasteiger partial charge in [-0.1, -0.05) is 0 Å². The van der Waals surface area contributed by atoms with Crippen molar-refractivity contribution in [1.29, 1.82) is 0 Å². The van der Waals surface area contributed by atoms with Crippen molar-refractivity contribution in [2.45, 2.75) is 12.5 Å². The molecule has 1 fully saturated rings. The summed E-state index contributed by atoms with van der Waals surface area (Å²) in [6.45, 7) is 1.78. The van der Waals surface area contributed by atoms with Crippen LogP contribution in [0.5, 0.6) is 0 Å². The van der Waals surface area contributed by atoms with Crippen LogP contribution >= 0.6 is 36.2 Å². The number of nitrogens with one attached hydrogen (secondary N) is 2. The molecule has 2 aromatic rings. The summed E-state index contributed by atoms with van der Waals surface area (Å²) in [7, 11) is 0. The highest BCUT2D eigenvalue weighted by Gasteiger charge is 2.19. The van der Waals surface area contributed by atoms with Gasteiger partial charge in [-0.05, 0) is 13.0 Å². The number of carbonyl (C=O) groups is 1. The Hall–Kier alpha value is -1.28. The van der Waals surface area contributed by atoms with E-state index in [0.29, 0.717) is 16.4 Å². The van der Waals surface area contributed by atoms with Crippen molar-refractivity contribution in [3.8, 4) is 10.7 Å². The number of nitrogens with zero attached hydrogens (tertiary/aromatic N) is 3. The molecule has 1 saturated heterocycles. The molecular formula is C12H15Cl2N5OS. The first kappa shape index (κ1) is 17.8. The third-order valence-corrected chi connectivity index (χ3v) is 3.78. The predicted octanol–water partition coefficient (Wildman–Crippen LogP) is 1.54. The highest BCUT2D eigenvalue weighted by atomic mass is 35.5. The molecule has 1 unspecified atom stereocenters. The molecule has 1 atom stereocenters. The molecule has 2 N–H and O–H groups in total. The normalized spacial score (nSPS) is 16.7. The van der Waals surface area contributed by atoms with Crippen LogP contribution in [-0.2, 0) is 0 Å². The predicted molar refractivity (Wildman–Crippen MR) is 86.4 cm³/mol. The minimum Gasteiger partial charge on any atom is -0.347 e. The van der Waals surface area contributed by atoms with Crippen LogP contribution in [0.2, 0.25) is 0 Å². The van der Waals surface area contributed by atoms with Crippen LogP contribution in [0.4, 0.5) is 0 Å². The largest absolute Gasteiger partial charge is 0.347 e. The molecule has 0 radical (unpaired) electrons. The fourth-order valence-corrected chi connectivity index (χ4v) is 2.70. The smallest absolute Gasteiger partial charge is 0.271 e. The van der Waals surface area contributed by atoms with E-state index in [1.807, 2.05) is 0 Å². The van der Waals surface area contributed by atoms with Crippen LogP contribution in [0.1, 0.15) is 16.9 Å². The molecule has 0 aromatic carbocycles. The molecule has 0 saturated carbocycles. The van der Waals surface area contributed by atoms with Crippen molar-refractivity contribution in [2.24, 2.45) is 0 Å². The Balaban J connectivity index is 0.00000110. The zero-order valence-corrected chi connectivity index (χ0v) is 13.4. The van der Waals surface area contributed by atoms with Crippen molar-refractivity contribution in [3.63, 3.8) is 0 Å². The molecule has 21 heavy (non-hydrogen) atoms. The van der Waals surface area contributed by atoms with Crippen LogP contribution in [0, 0.1) is 0 Å². The third kappa shape index (κ3) is 4.34. The lowest BCUT2D eigenvalue weighted by molar-refractivity contribution is 0.0936. The lowest BCUT2D eigenvalue weighted by Gasteiger charge is -2.09. The molecule has 3 heterocycles. The molecule has 0 aliphatic carbocycles. The van der Waals surface area contributed by atoms with E-state index < -0.39 is 0 Å². The SMILES string of the molecule is Cl.Cl.O=C(NC1CCNC1)c1csc(-c2cnccn2)n1. The number of halogens is 2. The van der Waals surface area contributed by atoms with Crippen LogP contribution in [0.25, 0.3) is 10.7 Å². The minimum atomic E-state index is -0.125. The Kier molecular flexibility index (Phi) is 6.97. The average Bonchev–Trinajstić information content (AvgIpc) is 3.10. The van der Waals surface area contributed by atoms with Crippen molar-refractivity contribution in [1.82, 2.24) is 25.6 Å². The number of hydrogen-bond acceptors (Lipinski definition) is 6. The minimum absolute atomic E-state index is 0. The molecule has 2 aromatic heterocycles. The van der Waals surface area contributed by atoms with E-state index in [9.17, 15) is 4.79 Å². The van der Waals surface area contributed by atoms with Crippen LogP contribution in [0.15, 0.2) is 24.0 Å². The van der Waals surface area contributed by atoms with Crippen LogP contribution in [0.3, 0.4) is 0 Å². The van der Waals surface area contributed by atoms with Gasteiger partial charge in [-0.15, -0.1) is 36.2 Å². The van der Waals surface area contributed by atoms with Gasteiger partial charge in [0.25, 0.3) is 5.91 Å². The molecule has 114 valence electrons. The maximum Gasteiger partial charge on any atom is 0.271 e. The summed E-state index contributed by atoms with van der Waals surface area (Å²) in [4.78, 5) is 24.5. The molecule has 1 amide bonds.